The van der Waals surface area contributed by atoms with Crippen LogP contribution in [0.25, 0.3) is 0 Å². The molecule has 0 aliphatic carbocycles. The van der Waals surface area contributed by atoms with E-state index in [-0.39, 0.29) is 11.8 Å². The highest BCUT2D eigenvalue weighted by Gasteiger charge is 2.17. The third-order valence-corrected chi connectivity index (χ3v) is 4.54. The maximum atomic E-state index is 12.7. The number of carbonyl (C=O) groups excluding carboxylic acids is 2. The van der Waals surface area contributed by atoms with Crippen LogP contribution in [-0.2, 0) is 0 Å². The molecule has 0 saturated heterocycles. The highest BCUT2D eigenvalue weighted by molar-refractivity contribution is 6.31. The molecule has 0 aliphatic rings. The molecule has 31 heavy (non-hydrogen) atoms. The van der Waals surface area contributed by atoms with E-state index in [4.69, 9.17) is 21.1 Å². The highest BCUT2D eigenvalue weighted by Crippen LogP contribution is 2.37. The van der Waals surface area contributed by atoms with Gasteiger partial charge < -0.3 is 20.1 Å². The Bertz CT molecular complexity index is 1070. The van der Waals surface area contributed by atoms with Gasteiger partial charge in [0.25, 0.3) is 11.8 Å². The predicted molar refractivity (Wildman–Crippen MR) is 123 cm³/mol. The van der Waals surface area contributed by atoms with E-state index in [1.807, 2.05) is 19.9 Å². The van der Waals surface area contributed by atoms with Crippen LogP contribution in [0.1, 0.15) is 34.6 Å². The minimum absolute atomic E-state index is 0.278. The standard InChI is InChI=1S/C24H23ClN2O4/c1-3-30-21-15-20(27-24(29)17-11-8-12-18(25)13-17)22(31-4-2)14-19(21)26-23(28)16-9-6-5-7-10-16/h5-15H,3-4H2,1-2H3,(H,26,28)(H,27,29). The second kappa shape index (κ2) is 10.5. The molecule has 0 aliphatic heterocycles. The zero-order chi connectivity index (χ0) is 22.2. The molecule has 0 atom stereocenters. The molecule has 160 valence electrons. The van der Waals surface area contributed by atoms with Crippen molar-refractivity contribution in [2.45, 2.75) is 13.8 Å². The van der Waals surface area contributed by atoms with Gasteiger partial charge in [0.2, 0.25) is 0 Å². The fraction of sp³-hybridized carbons (Fsp3) is 0.167. The summed E-state index contributed by atoms with van der Waals surface area (Å²) < 4.78 is 11.4. The van der Waals surface area contributed by atoms with E-state index in [9.17, 15) is 9.59 Å². The van der Waals surface area contributed by atoms with Gasteiger partial charge in [0.15, 0.2) is 0 Å². The summed E-state index contributed by atoms with van der Waals surface area (Å²) in [5.41, 5.74) is 1.79. The van der Waals surface area contributed by atoms with Crippen LogP contribution in [0.15, 0.2) is 66.7 Å². The maximum absolute atomic E-state index is 12.7. The largest absolute Gasteiger partial charge is 0.492 e. The smallest absolute Gasteiger partial charge is 0.255 e. The molecule has 0 bridgehead atoms. The first-order valence-corrected chi connectivity index (χ1v) is 10.3. The number of carbonyl (C=O) groups is 2. The summed E-state index contributed by atoms with van der Waals surface area (Å²) >= 11 is 5.99. The lowest BCUT2D eigenvalue weighted by atomic mass is 10.1. The van der Waals surface area contributed by atoms with Gasteiger partial charge in [-0.1, -0.05) is 35.9 Å². The summed E-state index contributed by atoms with van der Waals surface area (Å²) in [4.78, 5) is 25.3. The van der Waals surface area contributed by atoms with Crippen LogP contribution in [0.2, 0.25) is 5.02 Å². The molecule has 0 aromatic heterocycles. The van der Waals surface area contributed by atoms with Crippen LogP contribution in [0.4, 0.5) is 11.4 Å². The Balaban J connectivity index is 1.93. The predicted octanol–water partition coefficient (Wildman–Crippen LogP) is 5.64. The topological polar surface area (TPSA) is 76.7 Å². The van der Waals surface area contributed by atoms with Crippen molar-refractivity contribution in [1.82, 2.24) is 0 Å². The Hall–Kier alpha value is -3.51. The zero-order valence-electron chi connectivity index (χ0n) is 17.3. The molecule has 0 heterocycles. The number of halogens is 1. The van der Waals surface area contributed by atoms with Crippen LogP contribution in [0, 0.1) is 0 Å². The maximum Gasteiger partial charge on any atom is 0.255 e. The number of amides is 2. The quantitative estimate of drug-likeness (QED) is 0.477. The van der Waals surface area contributed by atoms with Gasteiger partial charge in [-0.3, -0.25) is 9.59 Å². The number of hydrogen-bond acceptors (Lipinski definition) is 4. The molecule has 3 aromatic carbocycles. The molecule has 0 unspecified atom stereocenters. The van der Waals surface area contributed by atoms with Crippen LogP contribution in [-0.4, -0.2) is 25.0 Å². The summed E-state index contributed by atoms with van der Waals surface area (Å²) in [6, 6.07) is 18.8. The van der Waals surface area contributed by atoms with Gasteiger partial charge in [-0.15, -0.1) is 0 Å². The number of ether oxygens (including phenoxy) is 2. The monoisotopic (exact) mass is 438 g/mol. The van der Waals surface area contributed by atoms with Crippen molar-refractivity contribution >= 4 is 34.8 Å². The molecule has 0 saturated carbocycles. The lowest BCUT2D eigenvalue weighted by Crippen LogP contribution is -2.15. The first kappa shape index (κ1) is 22.2. The van der Waals surface area contributed by atoms with Gasteiger partial charge in [0, 0.05) is 28.3 Å². The number of hydrogen-bond donors (Lipinski definition) is 2. The van der Waals surface area contributed by atoms with Gasteiger partial charge in [-0.05, 0) is 44.2 Å². The average Bonchev–Trinajstić information content (AvgIpc) is 2.77. The Morgan fingerprint density at radius 3 is 1.77 bits per heavy atom. The van der Waals surface area contributed by atoms with E-state index < -0.39 is 0 Å². The molecular weight excluding hydrogens is 416 g/mol. The van der Waals surface area contributed by atoms with Crippen molar-refractivity contribution in [2.24, 2.45) is 0 Å². The molecule has 2 amide bonds. The molecule has 3 rings (SSSR count). The summed E-state index contributed by atoms with van der Waals surface area (Å²) in [6.07, 6.45) is 0. The van der Waals surface area contributed by atoms with Crippen molar-refractivity contribution in [2.75, 3.05) is 23.8 Å². The van der Waals surface area contributed by atoms with Crippen molar-refractivity contribution in [1.29, 1.82) is 0 Å². The van der Waals surface area contributed by atoms with E-state index in [2.05, 4.69) is 10.6 Å². The van der Waals surface area contributed by atoms with Crippen LogP contribution >= 0.6 is 11.6 Å². The van der Waals surface area contributed by atoms with Crippen molar-refractivity contribution < 1.29 is 19.1 Å². The number of benzene rings is 3. The van der Waals surface area contributed by atoms with Crippen molar-refractivity contribution in [3.05, 3.63) is 82.9 Å². The normalized spacial score (nSPS) is 10.3. The molecule has 0 radical (unpaired) electrons. The number of rotatable bonds is 8. The molecule has 0 fully saturated rings. The van der Waals surface area contributed by atoms with Gasteiger partial charge >= 0.3 is 0 Å². The zero-order valence-corrected chi connectivity index (χ0v) is 18.0. The van der Waals surface area contributed by atoms with Crippen molar-refractivity contribution in [3.8, 4) is 11.5 Å². The minimum Gasteiger partial charge on any atom is -0.492 e. The summed E-state index contributed by atoms with van der Waals surface area (Å²) in [6.45, 7) is 4.43. The van der Waals surface area contributed by atoms with Gasteiger partial charge in [-0.25, -0.2) is 0 Å². The molecule has 7 heteroatoms. The van der Waals surface area contributed by atoms with E-state index in [0.29, 0.717) is 52.2 Å². The summed E-state index contributed by atoms with van der Waals surface area (Å²) in [7, 11) is 0. The van der Waals surface area contributed by atoms with E-state index >= 15 is 0 Å². The van der Waals surface area contributed by atoms with E-state index in [0.717, 1.165) is 0 Å². The second-order valence-electron chi connectivity index (χ2n) is 6.50. The molecule has 0 spiro atoms. The van der Waals surface area contributed by atoms with Gasteiger partial charge in [0.05, 0.1) is 24.6 Å². The minimum atomic E-state index is -0.341. The fourth-order valence-electron chi connectivity index (χ4n) is 2.91. The van der Waals surface area contributed by atoms with Gasteiger partial charge in [-0.2, -0.15) is 0 Å². The Kier molecular flexibility index (Phi) is 7.51. The molecule has 2 N–H and O–H groups in total. The molecule has 3 aromatic rings. The van der Waals surface area contributed by atoms with Crippen LogP contribution in [0.5, 0.6) is 11.5 Å². The highest BCUT2D eigenvalue weighted by atomic mass is 35.5. The second-order valence-corrected chi connectivity index (χ2v) is 6.93. The SMILES string of the molecule is CCOc1cc(NC(=O)c2cccc(Cl)c2)c(OCC)cc1NC(=O)c1ccccc1. The summed E-state index contributed by atoms with van der Waals surface area (Å²) in [5, 5.41) is 6.16. The number of anilines is 2. The Morgan fingerprint density at radius 2 is 1.26 bits per heavy atom. The lowest BCUT2D eigenvalue weighted by Gasteiger charge is -2.18. The third-order valence-electron chi connectivity index (χ3n) is 4.30. The Morgan fingerprint density at radius 1 is 0.742 bits per heavy atom. The first-order valence-electron chi connectivity index (χ1n) is 9.88. The van der Waals surface area contributed by atoms with Crippen molar-refractivity contribution in [3.63, 3.8) is 0 Å². The fourth-order valence-corrected chi connectivity index (χ4v) is 3.10. The Labute approximate surface area is 186 Å². The molecule has 6 nitrogen and oxygen atoms in total. The lowest BCUT2D eigenvalue weighted by molar-refractivity contribution is 0.101. The summed E-state index contributed by atoms with van der Waals surface area (Å²) in [5.74, 6) is 0.202. The van der Waals surface area contributed by atoms with E-state index in [1.54, 1.807) is 60.7 Å². The van der Waals surface area contributed by atoms with Gasteiger partial charge in [0.1, 0.15) is 11.5 Å². The van der Waals surface area contributed by atoms with Crippen LogP contribution in [0.3, 0.4) is 0 Å². The average molecular weight is 439 g/mol. The van der Waals surface area contributed by atoms with E-state index in [1.165, 1.54) is 0 Å². The number of nitrogens with one attached hydrogen (secondary N) is 2. The molecular formula is C24H23ClN2O4. The first-order chi connectivity index (χ1) is 15.0. The van der Waals surface area contributed by atoms with Crippen LogP contribution < -0.4 is 20.1 Å². The third kappa shape index (κ3) is 5.77.